The van der Waals surface area contributed by atoms with Crippen LogP contribution in [-0.4, -0.2) is 68.1 Å². The lowest BCUT2D eigenvalue weighted by atomic mass is 9.86. The van der Waals surface area contributed by atoms with E-state index in [1.54, 1.807) is 17.0 Å². The van der Waals surface area contributed by atoms with Crippen LogP contribution in [0, 0.1) is 6.92 Å². The number of nitrogens with zero attached hydrogens (tertiary/aromatic N) is 2. The summed E-state index contributed by atoms with van der Waals surface area (Å²) < 4.78 is 6.08. The van der Waals surface area contributed by atoms with E-state index >= 15 is 0 Å². The highest BCUT2D eigenvalue weighted by Gasteiger charge is 2.42. The number of ether oxygens (including phenoxy) is 1. The molecule has 2 aromatic rings. The number of aryl methyl sites for hydroxylation is 1. The molecule has 33 heavy (non-hydrogen) atoms. The number of likely N-dealkylation sites (tertiary alicyclic amines) is 1. The zero-order chi connectivity index (χ0) is 23.6. The molecule has 3 heterocycles. The van der Waals surface area contributed by atoms with Gasteiger partial charge in [-0.25, -0.2) is 0 Å². The number of anilines is 2. The van der Waals surface area contributed by atoms with Crippen molar-refractivity contribution in [3.8, 4) is 0 Å². The predicted molar refractivity (Wildman–Crippen MR) is 132 cm³/mol. The highest BCUT2D eigenvalue weighted by Crippen LogP contribution is 2.29. The minimum atomic E-state index is -0.993. The van der Waals surface area contributed by atoms with Gasteiger partial charge in [0.1, 0.15) is 12.1 Å². The van der Waals surface area contributed by atoms with Crippen molar-refractivity contribution in [1.29, 1.82) is 0 Å². The monoisotopic (exact) mass is 534 g/mol. The van der Waals surface area contributed by atoms with E-state index < -0.39 is 5.54 Å². The maximum atomic E-state index is 13.5. The van der Waals surface area contributed by atoms with Gasteiger partial charge in [-0.3, -0.25) is 14.4 Å². The molecule has 176 valence electrons. The predicted octanol–water partition coefficient (Wildman–Crippen LogP) is 3.02. The van der Waals surface area contributed by atoms with Crippen LogP contribution >= 0.6 is 27.3 Å². The van der Waals surface area contributed by atoms with Crippen molar-refractivity contribution in [2.45, 2.75) is 25.3 Å². The topological polar surface area (TPSA) is 91.0 Å². The highest BCUT2D eigenvalue weighted by atomic mass is 79.9. The van der Waals surface area contributed by atoms with Crippen molar-refractivity contribution in [2.75, 3.05) is 50.1 Å². The summed E-state index contributed by atoms with van der Waals surface area (Å²) in [5.74, 6) is -0.550. The van der Waals surface area contributed by atoms with Gasteiger partial charge < -0.3 is 25.2 Å². The quantitative estimate of drug-likeness (QED) is 0.615. The molecule has 0 bridgehead atoms. The van der Waals surface area contributed by atoms with Crippen LogP contribution in [-0.2, 0) is 14.3 Å². The number of carbonyl (C=O) groups is 3. The van der Waals surface area contributed by atoms with Crippen LogP contribution in [0.25, 0.3) is 0 Å². The number of halogens is 1. The van der Waals surface area contributed by atoms with Crippen molar-refractivity contribution in [3.63, 3.8) is 0 Å². The number of rotatable bonds is 5. The Morgan fingerprint density at radius 1 is 1.15 bits per heavy atom. The number of carbonyl (C=O) groups excluding carboxylic acids is 3. The van der Waals surface area contributed by atoms with Crippen molar-refractivity contribution >= 4 is 56.4 Å². The second kappa shape index (κ2) is 9.92. The maximum Gasteiger partial charge on any atom is 0.262 e. The molecule has 0 atom stereocenters. The third kappa shape index (κ3) is 5.29. The molecule has 0 radical (unpaired) electrons. The molecule has 2 aliphatic rings. The zero-order valence-electron chi connectivity index (χ0n) is 18.7. The molecule has 3 amide bonds. The Morgan fingerprint density at radius 2 is 1.91 bits per heavy atom. The molecule has 2 N–H and O–H groups in total. The number of piperidine rings is 1. The van der Waals surface area contributed by atoms with E-state index in [1.807, 2.05) is 32.2 Å². The first-order valence-electron chi connectivity index (χ1n) is 10.8. The first-order chi connectivity index (χ1) is 15.8. The standard InChI is InChI=1S/C23H27BrN4O4S/c1-15-13-16(3-4-17(15)28-11-12-32-14-20(28)29)25-22(31)23(7-9-27(2)10-8-23)26-21(30)18-5-6-19(24)33-18/h3-6,13H,7-12,14H2,1-2H3,(H,25,31)(H,26,30). The lowest BCUT2D eigenvalue weighted by Crippen LogP contribution is -2.61. The van der Waals surface area contributed by atoms with Crippen LogP contribution in [0.4, 0.5) is 11.4 Å². The van der Waals surface area contributed by atoms with E-state index in [0.717, 1.165) is 15.0 Å². The van der Waals surface area contributed by atoms with Gasteiger partial charge in [-0.2, -0.15) is 0 Å². The molecule has 2 saturated heterocycles. The number of nitrogens with one attached hydrogen (secondary N) is 2. The van der Waals surface area contributed by atoms with Crippen LogP contribution in [0.15, 0.2) is 34.1 Å². The molecule has 10 heteroatoms. The van der Waals surface area contributed by atoms with Gasteiger partial charge in [0.25, 0.3) is 11.8 Å². The molecule has 0 spiro atoms. The Bertz CT molecular complexity index is 1060. The third-order valence-electron chi connectivity index (χ3n) is 6.16. The van der Waals surface area contributed by atoms with E-state index in [9.17, 15) is 14.4 Å². The maximum absolute atomic E-state index is 13.5. The summed E-state index contributed by atoms with van der Waals surface area (Å²) >= 11 is 4.72. The van der Waals surface area contributed by atoms with Crippen molar-refractivity contribution < 1.29 is 19.1 Å². The molecule has 4 rings (SSSR count). The summed E-state index contributed by atoms with van der Waals surface area (Å²) in [6.07, 6.45) is 1.04. The van der Waals surface area contributed by atoms with Crippen LogP contribution in [0.2, 0.25) is 0 Å². The molecule has 0 unspecified atom stereocenters. The lowest BCUT2D eigenvalue weighted by Gasteiger charge is -2.39. The summed E-state index contributed by atoms with van der Waals surface area (Å²) in [4.78, 5) is 43.0. The highest BCUT2D eigenvalue weighted by molar-refractivity contribution is 9.11. The molecule has 0 aliphatic carbocycles. The van der Waals surface area contributed by atoms with Crippen molar-refractivity contribution in [2.24, 2.45) is 0 Å². The molecular formula is C23H27BrN4O4S. The second-order valence-corrected chi connectivity index (χ2v) is 11.0. The molecule has 2 aliphatic heterocycles. The van der Waals surface area contributed by atoms with E-state index in [-0.39, 0.29) is 24.3 Å². The summed E-state index contributed by atoms with van der Waals surface area (Å²) in [6.45, 7) is 4.41. The largest absolute Gasteiger partial charge is 0.370 e. The molecule has 8 nitrogen and oxygen atoms in total. The SMILES string of the molecule is Cc1cc(NC(=O)C2(NC(=O)c3ccc(Br)s3)CCN(C)CC2)ccc1N1CCOCC1=O. The number of hydrogen-bond acceptors (Lipinski definition) is 6. The number of benzene rings is 1. The van der Waals surface area contributed by atoms with Gasteiger partial charge in [-0.05, 0) is 78.6 Å². The van der Waals surface area contributed by atoms with E-state index in [1.165, 1.54) is 11.3 Å². The lowest BCUT2D eigenvalue weighted by molar-refractivity contribution is -0.126. The average Bonchev–Trinajstić information content (AvgIpc) is 3.23. The summed E-state index contributed by atoms with van der Waals surface area (Å²) in [5, 5.41) is 6.04. The van der Waals surface area contributed by atoms with E-state index in [4.69, 9.17) is 4.74 Å². The average molecular weight is 535 g/mol. The normalized spacial score (nSPS) is 18.8. The number of amides is 3. The number of thiophene rings is 1. The molecule has 2 fully saturated rings. The number of hydrogen-bond donors (Lipinski definition) is 2. The Morgan fingerprint density at radius 3 is 2.55 bits per heavy atom. The van der Waals surface area contributed by atoms with Crippen LogP contribution < -0.4 is 15.5 Å². The molecule has 0 saturated carbocycles. The second-order valence-electron chi connectivity index (χ2n) is 8.50. The van der Waals surface area contributed by atoms with Gasteiger partial charge in [-0.1, -0.05) is 0 Å². The first kappa shape index (κ1) is 23.9. The Kier molecular flexibility index (Phi) is 7.18. The third-order valence-corrected chi connectivity index (χ3v) is 7.78. The van der Waals surface area contributed by atoms with Crippen LogP contribution in [0.3, 0.4) is 0 Å². The fourth-order valence-electron chi connectivity index (χ4n) is 4.18. The Labute approximate surface area is 205 Å². The van der Waals surface area contributed by atoms with Gasteiger partial charge in [0.15, 0.2) is 0 Å². The van der Waals surface area contributed by atoms with Gasteiger partial charge >= 0.3 is 0 Å². The van der Waals surface area contributed by atoms with Crippen LogP contribution in [0.1, 0.15) is 28.1 Å². The Balaban J connectivity index is 1.52. The molecule has 1 aromatic heterocycles. The van der Waals surface area contributed by atoms with Gasteiger partial charge in [-0.15, -0.1) is 11.3 Å². The minimum absolute atomic E-state index is 0.0747. The smallest absolute Gasteiger partial charge is 0.262 e. The van der Waals surface area contributed by atoms with Gasteiger partial charge in [0.2, 0.25) is 5.91 Å². The van der Waals surface area contributed by atoms with Gasteiger partial charge in [0.05, 0.1) is 15.3 Å². The fraction of sp³-hybridized carbons (Fsp3) is 0.435. The first-order valence-corrected chi connectivity index (χ1v) is 12.4. The van der Waals surface area contributed by atoms with E-state index in [2.05, 4.69) is 31.5 Å². The zero-order valence-corrected chi connectivity index (χ0v) is 21.1. The van der Waals surface area contributed by atoms with E-state index in [0.29, 0.717) is 49.6 Å². The van der Waals surface area contributed by atoms with Crippen molar-refractivity contribution in [3.05, 3.63) is 44.6 Å². The summed E-state index contributed by atoms with van der Waals surface area (Å²) in [5.41, 5.74) is 1.33. The van der Waals surface area contributed by atoms with Gasteiger partial charge in [0, 0.05) is 31.0 Å². The summed E-state index contributed by atoms with van der Waals surface area (Å²) in [6, 6.07) is 9.07. The number of morpholine rings is 1. The molecular weight excluding hydrogens is 508 g/mol. The minimum Gasteiger partial charge on any atom is -0.370 e. The summed E-state index contributed by atoms with van der Waals surface area (Å²) in [7, 11) is 2.01. The Hall–Kier alpha value is -2.27. The van der Waals surface area contributed by atoms with Crippen LogP contribution in [0.5, 0.6) is 0 Å². The molecule has 1 aromatic carbocycles. The fourth-order valence-corrected chi connectivity index (χ4v) is 5.47. The van der Waals surface area contributed by atoms with Crippen molar-refractivity contribution in [1.82, 2.24) is 10.2 Å².